The molecule has 0 saturated carbocycles. The molecule has 34 heavy (non-hydrogen) atoms. The molecule has 1 aliphatic heterocycles. The number of carbonyl (C=O) groups excluding carboxylic acids is 2. The number of benzene rings is 4. The van der Waals surface area contributed by atoms with Crippen molar-refractivity contribution in [2.45, 2.75) is 13.5 Å². The average Bonchev–Trinajstić information content (AvgIpc) is 2.87. The fourth-order valence-corrected chi connectivity index (χ4v) is 4.12. The van der Waals surface area contributed by atoms with Gasteiger partial charge in [0.05, 0.1) is 5.69 Å². The quantitative estimate of drug-likeness (QED) is 0.267. The number of aryl methyl sites for hydroxylation is 1. The molecule has 0 unspecified atom stereocenters. The highest BCUT2D eigenvalue weighted by molar-refractivity contribution is 6.43. The minimum atomic E-state index is -0.354. The van der Waals surface area contributed by atoms with Gasteiger partial charge in [-0.25, -0.2) is 4.90 Å². The first-order valence-corrected chi connectivity index (χ1v) is 11.1. The summed E-state index contributed by atoms with van der Waals surface area (Å²) >= 11 is 0. The Labute approximate surface area is 198 Å². The molecule has 4 heteroatoms. The van der Waals surface area contributed by atoms with Gasteiger partial charge in [0.15, 0.2) is 0 Å². The lowest BCUT2D eigenvalue weighted by Gasteiger charge is -2.29. The second-order valence-corrected chi connectivity index (χ2v) is 8.20. The van der Waals surface area contributed by atoms with Crippen molar-refractivity contribution in [2.24, 2.45) is 0 Å². The van der Waals surface area contributed by atoms with Crippen molar-refractivity contribution in [3.05, 3.63) is 131 Å². The maximum Gasteiger partial charge on any atom is 0.265 e. The van der Waals surface area contributed by atoms with Gasteiger partial charge in [0.25, 0.3) is 11.8 Å². The highest BCUT2D eigenvalue weighted by atomic mass is 16.5. The smallest absolute Gasteiger partial charge is 0.265 e. The van der Waals surface area contributed by atoms with E-state index in [4.69, 9.17) is 4.74 Å². The van der Waals surface area contributed by atoms with Crippen molar-refractivity contribution in [3.8, 4) is 5.75 Å². The number of hydrogen-bond donors (Lipinski definition) is 0. The SMILES string of the molecule is Cc1cccc(N2C(=O)C(=Cc3ccccc3OCc3ccccc3)c3ccccc3C2=O)c1. The Morgan fingerprint density at radius 2 is 1.44 bits per heavy atom. The molecule has 5 rings (SSSR count). The van der Waals surface area contributed by atoms with Crippen molar-refractivity contribution < 1.29 is 14.3 Å². The van der Waals surface area contributed by atoms with E-state index in [-0.39, 0.29) is 11.8 Å². The third kappa shape index (κ3) is 4.14. The van der Waals surface area contributed by atoms with E-state index in [0.29, 0.717) is 34.7 Å². The van der Waals surface area contributed by atoms with E-state index in [1.165, 1.54) is 4.90 Å². The van der Waals surface area contributed by atoms with Gasteiger partial charge >= 0.3 is 0 Å². The van der Waals surface area contributed by atoms with Gasteiger partial charge in [0.2, 0.25) is 0 Å². The van der Waals surface area contributed by atoms with Gasteiger partial charge in [0, 0.05) is 16.7 Å². The first-order valence-electron chi connectivity index (χ1n) is 11.1. The van der Waals surface area contributed by atoms with Crippen LogP contribution in [0.2, 0.25) is 0 Å². The summed E-state index contributed by atoms with van der Waals surface area (Å²) in [4.78, 5) is 28.3. The van der Waals surface area contributed by atoms with E-state index in [2.05, 4.69) is 0 Å². The van der Waals surface area contributed by atoms with Gasteiger partial charge in [-0.15, -0.1) is 0 Å². The minimum absolute atomic E-state index is 0.322. The third-order valence-electron chi connectivity index (χ3n) is 5.80. The summed E-state index contributed by atoms with van der Waals surface area (Å²) in [7, 11) is 0. The van der Waals surface area contributed by atoms with Crippen LogP contribution in [0.25, 0.3) is 11.6 Å². The highest BCUT2D eigenvalue weighted by Crippen LogP contribution is 2.35. The van der Waals surface area contributed by atoms with Crippen LogP contribution in [0, 0.1) is 6.92 Å². The molecule has 4 aromatic carbocycles. The Bertz CT molecular complexity index is 1410. The largest absolute Gasteiger partial charge is 0.488 e. The zero-order chi connectivity index (χ0) is 23.5. The molecule has 0 atom stereocenters. The molecule has 0 bridgehead atoms. The molecule has 0 fully saturated rings. The molecule has 4 aromatic rings. The van der Waals surface area contributed by atoms with E-state index < -0.39 is 0 Å². The Hall–Kier alpha value is -4.44. The molecule has 2 amide bonds. The van der Waals surface area contributed by atoms with E-state index in [9.17, 15) is 9.59 Å². The number of imide groups is 1. The maximum atomic E-state index is 13.7. The second-order valence-electron chi connectivity index (χ2n) is 8.20. The maximum absolute atomic E-state index is 13.7. The molecule has 0 N–H and O–H groups in total. The number of hydrogen-bond acceptors (Lipinski definition) is 3. The van der Waals surface area contributed by atoms with Crippen LogP contribution in [-0.4, -0.2) is 11.8 Å². The van der Waals surface area contributed by atoms with E-state index in [1.54, 1.807) is 12.1 Å². The topological polar surface area (TPSA) is 46.6 Å². The average molecular weight is 446 g/mol. The third-order valence-corrected chi connectivity index (χ3v) is 5.80. The van der Waals surface area contributed by atoms with Crippen molar-refractivity contribution in [3.63, 3.8) is 0 Å². The van der Waals surface area contributed by atoms with Gasteiger partial charge in [-0.3, -0.25) is 9.59 Å². The van der Waals surface area contributed by atoms with Gasteiger partial charge in [-0.2, -0.15) is 0 Å². The van der Waals surface area contributed by atoms with Gasteiger partial charge in [-0.1, -0.05) is 78.9 Å². The van der Waals surface area contributed by atoms with Crippen LogP contribution in [0.5, 0.6) is 5.75 Å². The van der Waals surface area contributed by atoms with Crippen LogP contribution >= 0.6 is 0 Å². The van der Waals surface area contributed by atoms with Crippen molar-refractivity contribution in [1.82, 2.24) is 0 Å². The summed E-state index contributed by atoms with van der Waals surface area (Å²) < 4.78 is 6.10. The molecule has 0 spiro atoms. The Kier molecular flexibility index (Phi) is 5.79. The number of anilines is 1. The molecule has 1 aliphatic rings. The van der Waals surface area contributed by atoms with Crippen LogP contribution in [0.15, 0.2) is 103 Å². The first-order chi connectivity index (χ1) is 16.6. The summed E-state index contributed by atoms with van der Waals surface area (Å²) in [5.41, 5.74) is 4.94. The summed E-state index contributed by atoms with van der Waals surface area (Å²) in [6.07, 6.45) is 1.82. The molecule has 0 saturated heterocycles. The number of rotatable bonds is 5. The summed E-state index contributed by atoms with van der Waals surface area (Å²) in [5.74, 6) is -0.00716. The van der Waals surface area contributed by atoms with Crippen LogP contribution in [-0.2, 0) is 11.4 Å². The van der Waals surface area contributed by atoms with E-state index in [0.717, 1.165) is 16.7 Å². The molecule has 0 radical (unpaired) electrons. The minimum Gasteiger partial charge on any atom is -0.488 e. The summed E-state index contributed by atoms with van der Waals surface area (Å²) in [5, 5.41) is 0. The van der Waals surface area contributed by atoms with Crippen LogP contribution < -0.4 is 9.64 Å². The summed E-state index contributed by atoms with van der Waals surface area (Å²) in [6.45, 7) is 2.35. The Balaban J connectivity index is 1.58. The first kappa shape index (κ1) is 21.4. The monoisotopic (exact) mass is 445 g/mol. The molecule has 0 aromatic heterocycles. The highest BCUT2D eigenvalue weighted by Gasteiger charge is 2.35. The normalized spacial score (nSPS) is 14.3. The second kappa shape index (κ2) is 9.20. The molecular formula is C30H23NO3. The number of amides is 2. The molecule has 4 nitrogen and oxygen atoms in total. The molecule has 0 aliphatic carbocycles. The molecule has 166 valence electrons. The van der Waals surface area contributed by atoms with Gasteiger partial charge in [-0.05, 0) is 54.0 Å². The van der Waals surface area contributed by atoms with Crippen molar-refractivity contribution in [2.75, 3.05) is 4.90 Å². The number of para-hydroxylation sites is 1. The number of carbonyl (C=O) groups is 2. The van der Waals surface area contributed by atoms with Gasteiger partial charge < -0.3 is 4.74 Å². The van der Waals surface area contributed by atoms with Crippen LogP contribution in [0.1, 0.15) is 32.6 Å². The van der Waals surface area contributed by atoms with Gasteiger partial charge in [0.1, 0.15) is 12.4 Å². The fourth-order valence-electron chi connectivity index (χ4n) is 4.12. The zero-order valence-electron chi connectivity index (χ0n) is 18.8. The fraction of sp³-hybridized carbons (Fsp3) is 0.0667. The predicted molar refractivity (Wildman–Crippen MR) is 135 cm³/mol. The zero-order valence-corrected chi connectivity index (χ0v) is 18.8. The van der Waals surface area contributed by atoms with E-state index in [1.807, 2.05) is 104 Å². The van der Waals surface area contributed by atoms with Crippen LogP contribution in [0.3, 0.4) is 0 Å². The number of fused-ring (bicyclic) bond motifs is 1. The lowest BCUT2D eigenvalue weighted by atomic mass is 9.91. The number of ether oxygens (including phenoxy) is 1. The Morgan fingerprint density at radius 3 is 2.24 bits per heavy atom. The summed E-state index contributed by atoms with van der Waals surface area (Å²) in [6, 6.07) is 32.2. The standard InChI is InChI=1S/C30H23NO3/c1-21-10-9-14-24(18-21)31-29(32)26-16-7-6-15-25(26)27(30(31)33)19-23-13-5-8-17-28(23)34-20-22-11-3-2-4-12-22/h2-19H,20H2,1H3. The predicted octanol–water partition coefficient (Wildman–Crippen LogP) is 6.30. The molecule has 1 heterocycles. The van der Waals surface area contributed by atoms with E-state index >= 15 is 0 Å². The van der Waals surface area contributed by atoms with Crippen LogP contribution in [0.4, 0.5) is 5.69 Å². The number of nitrogens with zero attached hydrogens (tertiary/aromatic N) is 1. The lowest BCUT2D eigenvalue weighted by Crippen LogP contribution is -2.41. The molecular weight excluding hydrogens is 422 g/mol. The Morgan fingerprint density at radius 1 is 0.735 bits per heavy atom. The van der Waals surface area contributed by atoms with Crippen molar-refractivity contribution >= 4 is 29.2 Å². The van der Waals surface area contributed by atoms with Crippen molar-refractivity contribution in [1.29, 1.82) is 0 Å². The lowest BCUT2D eigenvalue weighted by molar-refractivity contribution is -0.112.